The van der Waals surface area contributed by atoms with E-state index in [2.05, 4.69) is 0 Å². The van der Waals surface area contributed by atoms with E-state index in [0.29, 0.717) is 39.5 Å². The number of benzene rings is 2. The number of Topliss-reactive ketones (excluding diaryl/α,β-unsaturated/α-hetero) is 1. The summed E-state index contributed by atoms with van der Waals surface area (Å²) in [6, 6.07) is 12.6. The van der Waals surface area contributed by atoms with E-state index in [4.69, 9.17) is 21.6 Å². The summed E-state index contributed by atoms with van der Waals surface area (Å²) in [5.74, 6) is 2.22. The molecule has 2 bridgehead atoms. The summed E-state index contributed by atoms with van der Waals surface area (Å²) >= 11 is 6.13. The fraction of sp³-hybridized carbons (Fsp3) is 0.385. The molecule has 0 spiro atoms. The van der Waals surface area contributed by atoms with Crippen LogP contribution in [0.5, 0.6) is 11.5 Å². The highest BCUT2D eigenvalue weighted by Crippen LogP contribution is 2.57. The normalized spacial score (nSPS) is 26.7. The van der Waals surface area contributed by atoms with Crippen LogP contribution in [0.25, 0.3) is 5.57 Å². The minimum atomic E-state index is -0.0610. The number of hydrogen-bond donors (Lipinski definition) is 1. The van der Waals surface area contributed by atoms with Gasteiger partial charge in [-0.05, 0) is 79.3 Å². The zero-order chi connectivity index (χ0) is 21.7. The second-order valence-corrected chi connectivity index (χ2v) is 9.29. The average Bonchev–Trinajstić information content (AvgIpc) is 3.07. The quantitative estimate of drug-likeness (QED) is 0.599. The maximum atomic E-state index is 13.5. The molecule has 158 valence electrons. The Morgan fingerprint density at radius 1 is 1.06 bits per heavy atom. The van der Waals surface area contributed by atoms with Gasteiger partial charge in [-0.3, -0.25) is 4.79 Å². The van der Waals surface area contributed by atoms with Crippen LogP contribution in [-0.2, 0) is 11.2 Å². The highest BCUT2D eigenvalue weighted by Gasteiger charge is 2.54. The monoisotopic (exact) mass is 433 g/mol. The van der Waals surface area contributed by atoms with Crippen molar-refractivity contribution in [2.45, 2.75) is 39.0 Å². The molecule has 5 heteroatoms. The Morgan fingerprint density at radius 2 is 1.71 bits per heavy atom. The van der Waals surface area contributed by atoms with Crippen molar-refractivity contribution in [1.29, 1.82) is 5.26 Å². The fourth-order valence-electron chi connectivity index (χ4n) is 5.90. The van der Waals surface area contributed by atoms with E-state index >= 15 is 0 Å². The van der Waals surface area contributed by atoms with Gasteiger partial charge in [0.2, 0.25) is 0 Å². The number of aliphatic hydroxyl groups is 1. The Balaban J connectivity index is 1.53. The first-order valence-corrected chi connectivity index (χ1v) is 11.4. The molecular formula is C26H24ClNO3. The SMILES string of the molecule is CCc1ccc(Oc2ccc(C#N)c(Cl)c2)cc1C1=C(O)C2C3CCC(CC3)C2C1=O. The Kier molecular flexibility index (Phi) is 5.02. The predicted molar refractivity (Wildman–Crippen MR) is 119 cm³/mol. The van der Waals surface area contributed by atoms with E-state index in [9.17, 15) is 9.90 Å². The van der Waals surface area contributed by atoms with E-state index in [1.165, 1.54) is 0 Å². The van der Waals surface area contributed by atoms with Gasteiger partial charge in [-0.2, -0.15) is 5.26 Å². The standard InChI is InChI=1S/C26H24ClNO3/c1-2-14-7-9-18(31-19-10-8-17(13-28)21(27)12-19)11-20(14)24-25(29)22-15-3-4-16(6-5-15)23(22)26(24)30/h7-12,15-16,22-23,29H,2-6H2,1H3. The zero-order valence-electron chi connectivity index (χ0n) is 17.4. The number of rotatable bonds is 4. The molecule has 31 heavy (non-hydrogen) atoms. The van der Waals surface area contributed by atoms with Crippen LogP contribution in [0.2, 0.25) is 5.02 Å². The molecule has 4 aliphatic rings. The van der Waals surface area contributed by atoms with E-state index in [1.807, 2.05) is 31.2 Å². The van der Waals surface area contributed by atoms with Crippen LogP contribution in [0.1, 0.15) is 49.3 Å². The minimum Gasteiger partial charge on any atom is -0.511 e. The van der Waals surface area contributed by atoms with Gasteiger partial charge in [0.1, 0.15) is 23.3 Å². The molecule has 0 saturated heterocycles. The Morgan fingerprint density at radius 3 is 2.32 bits per heavy atom. The number of nitrogens with zero attached hydrogens (tertiary/aromatic N) is 1. The van der Waals surface area contributed by atoms with E-state index in [1.54, 1.807) is 18.2 Å². The minimum absolute atomic E-state index is 0.0124. The Bertz CT molecular complexity index is 1140. The van der Waals surface area contributed by atoms with Gasteiger partial charge in [0.15, 0.2) is 5.78 Å². The third-order valence-electron chi connectivity index (χ3n) is 7.37. The van der Waals surface area contributed by atoms with Crippen LogP contribution in [0, 0.1) is 35.0 Å². The Labute approximate surface area is 187 Å². The lowest BCUT2D eigenvalue weighted by atomic mass is 9.59. The highest BCUT2D eigenvalue weighted by atomic mass is 35.5. The van der Waals surface area contributed by atoms with Gasteiger partial charge in [0.05, 0.1) is 16.2 Å². The lowest BCUT2D eigenvalue weighted by molar-refractivity contribution is -0.123. The maximum Gasteiger partial charge on any atom is 0.170 e. The van der Waals surface area contributed by atoms with Crippen molar-refractivity contribution in [3.63, 3.8) is 0 Å². The van der Waals surface area contributed by atoms with Gasteiger partial charge in [-0.1, -0.05) is 24.6 Å². The number of carbonyl (C=O) groups excluding carboxylic acids is 1. The molecule has 2 aromatic carbocycles. The third-order valence-corrected chi connectivity index (χ3v) is 7.68. The van der Waals surface area contributed by atoms with Crippen molar-refractivity contribution in [1.82, 2.24) is 0 Å². The van der Waals surface area contributed by atoms with E-state index in [0.717, 1.165) is 43.2 Å². The Hall–Kier alpha value is -2.77. The van der Waals surface area contributed by atoms with Gasteiger partial charge in [-0.25, -0.2) is 0 Å². The topological polar surface area (TPSA) is 70.3 Å². The summed E-state index contributed by atoms with van der Waals surface area (Å²) in [7, 11) is 0. The number of aryl methyl sites for hydroxylation is 1. The first kappa shape index (κ1) is 20.2. The van der Waals surface area contributed by atoms with Gasteiger partial charge in [-0.15, -0.1) is 0 Å². The number of ether oxygens (including phenoxy) is 1. The van der Waals surface area contributed by atoms with Gasteiger partial charge in [0.25, 0.3) is 0 Å². The molecule has 3 saturated carbocycles. The summed E-state index contributed by atoms with van der Waals surface area (Å²) < 4.78 is 5.99. The van der Waals surface area contributed by atoms with E-state index in [-0.39, 0.29) is 23.4 Å². The number of allylic oxidation sites excluding steroid dienone is 2. The molecule has 0 heterocycles. The molecule has 4 nitrogen and oxygen atoms in total. The van der Waals surface area contributed by atoms with Crippen molar-refractivity contribution >= 4 is 23.0 Å². The number of ketones is 1. The van der Waals surface area contributed by atoms with Crippen LogP contribution in [0.15, 0.2) is 42.2 Å². The molecule has 0 radical (unpaired) electrons. The molecule has 2 atom stereocenters. The molecule has 2 aromatic rings. The summed E-state index contributed by atoms with van der Waals surface area (Å²) in [6.45, 7) is 2.05. The number of fused-ring (bicyclic) bond motifs is 2. The number of carbonyl (C=O) groups is 1. The summed E-state index contributed by atoms with van der Waals surface area (Å²) in [4.78, 5) is 13.5. The number of hydrogen-bond acceptors (Lipinski definition) is 4. The van der Waals surface area contributed by atoms with Gasteiger partial charge >= 0.3 is 0 Å². The summed E-state index contributed by atoms with van der Waals surface area (Å²) in [5, 5.41) is 20.6. The van der Waals surface area contributed by atoms with Crippen molar-refractivity contribution < 1.29 is 14.6 Å². The second-order valence-electron chi connectivity index (χ2n) is 8.88. The van der Waals surface area contributed by atoms with Gasteiger partial charge < -0.3 is 9.84 Å². The lowest BCUT2D eigenvalue weighted by Crippen LogP contribution is -2.41. The van der Waals surface area contributed by atoms with Crippen LogP contribution >= 0.6 is 11.6 Å². The molecular weight excluding hydrogens is 410 g/mol. The molecule has 0 amide bonds. The molecule has 4 aliphatic carbocycles. The number of aliphatic hydroxyl groups excluding tert-OH is 1. The second kappa shape index (κ2) is 7.73. The molecule has 0 aromatic heterocycles. The molecule has 3 fully saturated rings. The molecule has 1 N–H and O–H groups in total. The van der Waals surface area contributed by atoms with Crippen molar-refractivity contribution in [3.05, 3.63) is 63.9 Å². The smallest absolute Gasteiger partial charge is 0.170 e. The summed E-state index contributed by atoms with van der Waals surface area (Å²) in [6.07, 6.45) is 5.17. The first-order chi connectivity index (χ1) is 15.0. The molecule has 6 rings (SSSR count). The lowest BCUT2D eigenvalue weighted by Gasteiger charge is -2.44. The zero-order valence-corrected chi connectivity index (χ0v) is 18.2. The van der Waals surface area contributed by atoms with Crippen molar-refractivity contribution in [3.8, 4) is 17.6 Å². The number of halogens is 1. The fourth-order valence-corrected chi connectivity index (χ4v) is 6.11. The maximum absolute atomic E-state index is 13.5. The highest BCUT2D eigenvalue weighted by molar-refractivity contribution is 6.31. The average molecular weight is 434 g/mol. The number of nitriles is 1. The van der Waals surface area contributed by atoms with Crippen LogP contribution < -0.4 is 4.74 Å². The van der Waals surface area contributed by atoms with Crippen molar-refractivity contribution in [2.75, 3.05) is 0 Å². The molecule has 2 unspecified atom stereocenters. The van der Waals surface area contributed by atoms with E-state index < -0.39 is 0 Å². The van der Waals surface area contributed by atoms with Crippen molar-refractivity contribution in [2.24, 2.45) is 23.7 Å². The predicted octanol–water partition coefficient (Wildman–Crippen LogP) is 6.47. The molecule has 0 aliphatic heterocycles. The van der Waals surface area contributed by atoms with Crippen LogP contribution in [0.4, 0.5) is 0 Å². The van der Waals surface area contributed by atoms with Crippen LogP contribution in [0.3, 0.4) is 0 Å². The first-order valence-electron chi connectivity index (χ1n) is 11.0. The summed E-state index contributed by atoms with van der Waals surface area (Å²) in [5.41, 5.74) is 2.68. The van der Waals surface area contributed by atoms with Crippen LogP contribution in [-0.4, -0.2) is 10.9 Å². The third kappa shape index (κ3) is 3.23. The largest absolute Gasteiger partial charge is 0.511 e. The van der Waals surface area contributed by atoms with Gasteiger partial charge in [0, 0.05) is 17.9 Å².